The minimum absolute atomic E-state index is 0.256. The average Bonchev–Trinajstić information content (AvgIpc) is 2.46. The van der Waals surface area contributed by atoms with Gasteiger partial charge in [0.2, 0.25) is 0 Å². The lowest BCUT2D eigenvalue weighted by Crippen LogP contribution is -2.73. The van der Waals surface area contributed by atoms with E-state index in [9.17, 15) is 5.11 Å². The maximum absolute atomic E-state index is 9.45. The van der Waals surface area contributed by atoms with Gasteiger partial charge in [-0.05, 0) is 24.3 Å². The second kappa shape index (κ2) is 5.97. The third-order valence-electron chi connectivity index (χ3n) is 2.61. The summed E-state index contributed by atoms with van der Waals surface area (Å²) in [7, 11) is 0. The van der Waals surface area contributed by atoms with Crippen LogP contribution in [0, 0.1) is 0 Å². The molecular weight excluding hydrogens is 260 g/mol. The van der Waals surface area contributed by atoms with E-state index in [1.807, 2.05) is 38.1 Å². The molecule has 19 heavy (non-hydrogen) atoms. The van der Waals surface area contributed by atoms with Crippen LogP contribution in [0.3, 0.4) is 0 Å². The Hall–Kier alpha value is -1.69. The number of anilines is 2. The van der Waals surface area contributed by atoms with Gasteiger partial charge >= 0.3 is 0 Å². The Morgan fingerprint density at radius 2 is 1.63 bits per heavy atom. The van der Waals surface area contributed by atoms with E-state index in [0.717, 1.165) is 32.3 Å². The fourth-order valence-corrected chi connectivity index (χ4v) is 2.84. The van der Waals surface area contributed by atoms with E-state index >= 15 is 0 Å². The van der Waals surface area contributed by atoms with Crippen LogP contribution >= 0.6 is 11.8 Å². The van der Waals surface area contributed by atoms with Gasteiger partial charge in [0.25, 0.3) is 0 Å². The average molecular weight is 277 g/mol. The number of phenolic OH excluding ortho intramolecular Hbond substituents is 1. The Morgan fingerprint density at radius 3 is 2.32 bits per heavy atom. The van der Waals surface area contributed by atoms with Gasteiger partial charge in [0.05, 0.1) is 11.4 Å². The molecule has 4 nitrogen and oxygen atoms in total. The van der Waals surface area contributed by atoms with Crippen molar-refractivity contribution in [2.24, 2.45) is 0 Å². The molecule has 1 aliphatic heterocycles. The lowest BCUT2D eigenvalue weighted by molar-refractivity contribution is -0.825. The summed E-state index contributed by atoms with van der Waals surface area (Å²) in [6, 6.07) is 10.9. The molecule has 0 spiro atoms. The molecule has 100 valence electrons. The molecule has 0 atom stereocenters. The topological polar surface area (TPSA) is 69.1 Å². The molecule has 0 fully saturated rings. The third-order valence-corrected chi connectivity index (χ3v) is 3.72. The first-order chi connectivity index (χ1) is 9.26. The van der Waals surface area contributed by atoms with E-state index in [-0.39, 0.29) is 5.75 Å². The molecule has 0 bridgehead atoms. The Balaban J connectivity index is 0.000000637. The van der Waals surface area contributed by atoms with Crippen LogP contribution in [0.15, 0.2) is 46.2 Å². The number of nitrogens with two attached hydrogens (primary N) is 1. The second-order valence-corrected chi connectivity index (χ2v) is 4.88. The molecule has 5 heteroatoms. The molecule has 0 radical (unpaired) electrons. The molecule has 0 amide bonds. The standard InChI is InChI=1S/C12H10N2O2S.C2H6/c15-8-2-4-10-12(6-8)17-11-5-7(14-16)1-3-9(11)13-10;1-2/h1-6,13-16H;1-2H3/p+1. The quantitative estimate of drug-likeness (QED) is 0.313. The summed E-state index contributed by atoms with van der Waals surface area (Å²) in [6.45, 7) is 4.00. The summed E-state index contributed by atoms with van der Waals surface area (Å²) < 4.78 is 0. The Morgan fingerprint density at radius 1 is 1.00 bits per heavy atom. The van der Waals surface area contributed by atoms with Gasteiger partial charge in [0.15, 0.2) is 5.69 Å². The summed E-state index contributed by atoms with van der Waals surface area (Å²) in [6.07, 6.45) is 0. The monoisotopic (exact) mass is 277 g/mol. The smallest absolute Gasteiger partial charge is 0.163 e. The highest BCUT2D eigenvalue weighted by Crippen LogP contribution is 2.45. The van der Waals surface area contributed by atoms with Crippen molar-refractivity contribution < 1.29 is 15.8 Å². The highest BCUT2D eigenvalue weighted by Gasteiger charge is 2.17. The van der Waals surface area contributed by atoms with Gasteiger partial charge in [0.1, 0.15) is 5.75 Å². The number of benzene rings is 2. The van der Waals surface area contributed by atoms with Crippen molar-refractivity contribution in [2.75, 3.05) is 5.32 Å². The maximum atomic E-state index is 9.45. The zero-order valence-corrected chi connectivity index (χ0v) is 11.7. The highest BCUT2D eigenvalue weighted by atomic mass is 32.2. The van der Waals surface area contributed by atoms with E-state index < -0.39 is 0 Å². The van der Waals surface area contributed by atoms with Gasteiger partial charge in [-0.1, -0.05) is 25.6 Å². The highest BCUT2D eigenvalue weighted by molar-refractivity contribution is 7.99. The van der Waals surface area contributed by atoms with Crippen molar-refractivity contribution in [1.82, 2.24) is 0 Å². The number of aromatic hydroxyl groups is 1. The van der Waals surface area contributed by atoms with Crippen molar-refractivity contribution in [1.29, 1.82) is 0 Å². The van der Waals surface area contributed by atoms with Crippen LogP contribution in [-0.4, -0.2) is 10.3 Å². The van der Waals surface area contributed by atoms with Crippen LogP contribution in [0.1, 0.15) is 13.8 Å². The van der Waals surface area contributed by atoms with Crippen molar-refractivity contribution in [2.45, 2.75) is 23.6 Å². The lowest BCUT2D eigenvalue weighted by Gasteiger charge is -2.20. The van der Waals surface area contributed by atoms with Gasteiger partial charge in [-0.25, -0.2) is 5.21 Å². The molecule has 2 aromatic rings. The van der Waals surface area contributed by atoms with Crippen LogP contribution < -0.4 is 10.8 Å². The van der Waals surface area contributed by atoms with E-state index in [1.165, 1.54) is 0 Å². The van der Waals surface area contributed by atoms with E-state index in [1.54, 1.807) is 23.9 Å². The molecule has 1 heterocycles. The van der Waals surface area contributed by atoms with Gasteiger partial charge in [-0.3, -0.25) is 0 Å². The number of rotatable bonds is 1. The summed E-state index contributed by atoms with van der Waals surface area (Å²) in [5, 5.41) is 21.7. The summed E-state index contributed by atoms with van der Waals surface area (Å²) in [5.74, 6) is 0.256. The summed E-state index contributed by atoms with van der Waals surface area (Å²) >= 11 is 1.57. The number of hydrogen-bond acceptors (Lipinski definition) is 4. The summed E-state index contributed by atoms with van der Waals surface area (Å²) in [5.41, 5.74) is 3.85. The van der Waals surface area contributed by atoms with E-state index in [4.69, 9.17) is 5.21 Å². The van der Waals surface area contributed by atoms with Gasteiger partial charge in [-0.15, -0.1) is 0 Å². The number of quaternary nitrogens is 1. The minimum Gasteiger partial charge on any atom is -0.508 e. The number of hydrogen-bond donors (Lipinski definition) is 4. The van der Waals surface area contributed by atoms with Crippen molar-refractivity contribution >= 4 is 28.8 Å². The predicted molar refractivity (Wildman–Crippen MR) is 76.7 cm³/mol. The van der Waals surface area contributed by atoms with Crippen molar-refractivity contribution in [3.63, 3.8) is 0 Å². The molecule has 0 aliphatic carbocycles. The fourth-order valence-electron chi connectivity index (χ4n) is 1.77. The first-order valence-electron chi connectivity index (χ1n) is 6.15. The minimum atomic E-state index is 0.256. The van der Waals surface area contributed by atoms with Crippen LogP contribution in [0.2, 0.25) is 0 Å². The summed E-state index contributed by atoms with van der Waals surface area (Å²) in [4.78, 5) is 2.01. The van der Waals surface area contributed by atoms with Crippen LogP contribution in [0.4, 0.5) is 17.1 Å². The molecule has 0 saturated heterocycles. The Labute approximate surface area is 116 Å². The Kier molecular flexibility index (Phi) is 4.31. The SMILES string of the molecule is CC.O[NH2+]c1ccc2c(c1)Sc1cc(O)ccc1N2. The number of fused-ring (bicyclic) bond motifs is 2. The molecule has 0 aromatic heterocycles. The molecule has 2 aromatic carbocycles. The zero-order valence-electron chi connectivity index (χ0n) is 10.8. The fraction of sp³-hybridized carbons (Fsp3) is 0.143. The lowest BCUT2D eigenvalue weighted by atomic mass is 10.2. The molecule has 3 rings (SSSR count). The normalized spacial score (nSPS) is 11.5. The molecule has 0 unspecified atom stereocenters. The van der Waals surface area contributed by atoms with Crippen LogP contribution in [-0.2, 0) is 0 Å². The third kappa shape index (κ3) is 2.84. The van der Waals surface area contributed by atoms with Crippen molar-refractivity contribution in [3.8, 4) is 5.75 Å². The van der Waals surface area contributed by atoms with Gasteiger partial charge in [0, 0.05) is 21.9 Å². The van der Waals surface area contributed by atoms with E-state index in [2.05, 4.69) is 5.32 Å². The van der Waals surface area contributed by atoms with Crippen LogP contribution in [0.5, 0.6) is 5.75 Å². The molecular formula is C14H17N2O2S+. The molecule has 1 aliphatic rings. The number of nitrogens with one attached hydrogen (secondary N) is 1. The van der Waals surface area contributed by atoms with Crippen LogP contribution in [0.25, 0.3) is 0 Å². The zero-order chi connectivity index (χ0) is 13.8. The first-order valence-corrected chi connectivity index (χ1v) is 6.97. The van der Waals surface area contributed by atoms with Crippen molar-refractivity contribution in [3.05, 3.63) is 36.4 Å². The molecule has 0 saturated carbocycles. The largest absolute Gasteiger partial charge is 0.508 e. The van der Waals surface area contributed by atoms with E-state index in [0.29, 0.717) is 0 Å². The molecule has 5 N–H and O–H groups in total. The number of phenols is 1. The van der Waals surface area contributed by atoms with Gasteiger partial charge in [-0.2, -0.15) is 5.48 Å². The Bertz CT molecular complexity index is 588. The first kappa shape index (κ1) is 13.7. The van der Waals surface area contributed by atoms with Gasteiger partial charge < -0.3 is 10.4 Å². The second-order valence-electron chi connectivity index (χ2n) is 3.79. The predicted octanol–water partition coefficient (Wildman–Crippen LogP) is 3.21. The maximum Gasteiger partial charge on any atom is 0.163 e.